The zero-order valence-corrected chi connectivity index (χ0v) is 22.7. The number of carbonyl (C=O) groups excluding carboxylic acids is 1. The van der Waals surface area contributed by atoms with Crippen LogP contribution in [-0.4, -0.2) is 26.4 Å². The number of hydrogen-bond acceptors (Lipinski definition) is 4. The summed E-state index contributed by atoms with van der Waals surface area (Å²) in [6.07, 6.45) is 4.53. The van der Waals surface area contributed by atoms with Gasteiger partial charge in [0.25, 0.3) is 0 Å². The smallest absolute Gasteiger partial charge is 0.336 e. The second-order valence-corrected chi connectivity index (χ2v) is 9.98. The molecule has 2 heterocycles. The van der Waals surface area contributed by atoms with Gasteiger partial charge in [0.1, 0.15) is 5.65 Å². The average Bonchev–Trinajstić information content (AvgIpc) is 3.41. The second-order valence-electron chi connectivity index (χ2n) is 9.98. The maximum Gasteiger partial charge on any atom is 0.336 e. The Morgan fingerprint density at radius 2 is 1.65 bits per heavy atom. The lowest BCUT2D eigenvalue weighted by Gasteiger charge is -2.21. The first-order valence-corrected chi connectivity index (χ1v) is 13.6. The first kappa shape index (κ1) is 26.9. The molecule has 2 aromatic heterocycles. The van der Waals surface area contributed by atoms with E-state index in [4.69, 9.17) is 9.72 Å². The fourth-order valence-corrected chi connectivity index (χ4v) is 4.95. The molecule has 0 saturated heterocycles. The van der Waals surface area contributed by atoms with Gasteiger partial charge in [0, 0.05) is 6.20 Å². The summed E-state index contributed by atoms with van der Waals surface area (Å²) in [7, 11) is 0. The van der Waals surface area contributed by atoms with E-state index in [0.29, 0.717) is 5.56 Å². The summed E-state index contributed by atoms with van der Waals surface area (Å²) in [5.74, 6) is -1.31. The number of carbonyl (C=O) groups is 2. The third-order valence-corrected chi connectivity index (χ3v) is 7.07. The quantitative estimate of drug-likeness (QED) is 0.192. The van der Waals surface area contributed by atoms with Crippen LogP contribution in [0.25, 0.3) is 16.8 Å². The first-order chi connectivity index (χ1) is 19.4. The van der Waals surface area contributed by atoms with Crippen LogP contribution in [0.4, 0.5) is 0 Å². The van der Waals surface area contributed by atoms with Gasteiger partial charge in [-0.1, -0.05) is 92.2 Å². The van der Waals surface area contributed by atoms with Crippen molar-refractivity contribution in [2.75, 3.05) is 0 Å². The number of nitrogens with zero attached hydrogens (tertiary/aromatic N) is 2. The third-order valence-electron chi connectivity index (χ3n) is 7.07. The van der Waals surface area contributed by atoms with Crippen LogP contribution in [-0.2, 0) is 22.4 Å². The number of pyridine rings is 1. The van der Waals surface area contributed by atoms with Crippen LogP contribution >= 0.6 is 0 Å². The molecular formula is C34H32N2O4. The van der Waals surface area contributed by atoms with E-state index in [1.165, 1.54) is 0 Å². The SMILES string of the molecule is CCCCc1cn2c([C@H](OC(=O)Cc3ccccc3)c3ccc(-c4ccccc4C(=O)O)cc3)ccc(C)c2n1. The number of rotatable bonds is 10. The number of esters is 1. The number of aryl methyl sites for hydroxylation is 2. The molecule has 0 bridgehead atoms. The molecule has 0 spiro atoms. The largest absolute Gasteiger partial charge is 0.478 e. The highest BCUT2D eigenvalue weighted by atomic mass is 16.5. The van der Waals surface area contributed by atoms with E-state index in [0.717, 1.165) is 58.6 Å². The lowest BCUT2D eigenvalue weighted by Crippen LogP contribution is -2.17. The molecule has 202 valence electrons. The minimum Gasteiger partial charge on any atom is -0.478 e. The zero-order chi connectivity index (χ0) is 28.1. The Kier molecular flexibility index (Phi) is 8.06. The lowest BCUT2D eigenvalue weighted by molar-refractivity contribution is -0.146. The highest BCUT2D eigenvalue weighted by molar-refractivity contribution is 5.96. The van der Waals surface area contributed by atoms with Gasteiger partial charge in [-0.25, -0.2) is 9.78 Å². The van der Waals surface area contributed by atoms with Crippen LogP contribution in [0.3, 0.4) is 0 Å². The maximum atomic E-state index is 13.2. The van der Waals surface area contributed by atoms with Crippen molar-refractivity contribution in [1.82, 2.24) is 9.38 Å². The molecule has 1 N–H and O–H groups in total. The monoisotopic (exact) mass is 532 g/mol. The Morgan fingerprint density at radius 1 is 0.925 bits per heavy atom. The molecule has 0 saturated carbocycles. The number of aromatic carboxylic acids is 1. The van der Waals surface area contributed by atoms with E-state index in [9.17, 15) is 14.7 Å². The van der Waals surface area contributed by atoms with Gasteiger partial charge in [-0.2, -0.15) is 0 Å². The molecule has 3 aromatic carbocycles. The van der Waals surface area contributed by atoms with Crippen LogP contribution < -0.4 is 0 Å². The minimum atomic E-state index is -0.978. The van der Waals surface area contributed by atoms with Gasteiger partial charge >= 0.3 is 11.9 Å². The van der Waals surface area contributed by atoms with Gasteiger partial charge in [-0.3, -0.25) is 9.20 Å². The van der Waals surface area contributed by atoms with Crippen LogP contribution in [0.5, 0.6) is 0 Å². The van der Waals surface area contributed by atoms with Gasteiger partial charge in [0.15, 0.2) is 6.10 Å². The fraction of sp³-hybridized carbons (Fsp3) is 0.206. The molecule has 0 fully saturated rings. The summed E-state index contributed by atoms with van der Waals surface area (Å²) >= 11 is 0. The summed E-state index contributed by atoms with van der Waals surface area (Å²) in [5.41, 5.74) is 7.00. The number of carboxylic acid groups (broad SMARTS) is 1. The van der Waals surface area contributed by atoms with E-state index in [2.05, 4.69) is 6.92 Å². The number of benzene rings is 3. The first-order valence-electron chi connectivity index (χ1n) is 13.6. The Hall–Kier alpha value is -4.71. The number of fused-ring (bicyclic) bond motifs is 1. The molecule has 6 nitrogen and oxygen atoms in total. The van der Waals surface area contributed by atoms with Crippen molar-refractivity contribution in [2.24, 2.45) is 0 Å². The Bertz CT molecular complexity index is 1640. The number of hydrogen-bond donors (Lipinski definition) is 1. The summed E-state index contributed by atoms with van der Waals surface area (Å²) in [6, 6.07) is 28.0. The fourth-order valence-electron chi connectivity index (χ4n) is 4.95. The van der Waals surface area contributed by atoms with Crippen molar-refractivity contribution in [2.45, 2.75) is 45.6 Å². The molecule has 0 unspecified atom stereocenters. The van der Waals surface area contributed by atoms with Crippen LogP contribution in [0, 0.1) is 6.92 Å². The average molecular weight is 533 g/mol. The molecule has 5 rings (SSSR count). The predicted molar refractivity (Wildman–Crippen MR) is 155 cm³/mol. The lowest BCUT2D eigenvalue weighted by atomic mass is 9.96. The summed E-state index contributed by atoms with van der Waals surface area (Å²) in [4.78, 5) is 29.9. The Labute approximate surface area is 233 Å². The summed E-state index contributed by atoms with van der Waals surface area (Å²) in [5, 5.41) is 9.65. The molecule has 40 heavy (non-hydrogen) atoms. The molecule has 0 radical (unpaired) electrons. The number of unbranched alkanes of at least 4 members (excludes halogenated alkanes) is 1. The molecule has 6 heteroatoms. The Morgan fingerprint density at radius 3 is 2.38 bits per heavy atom. The van der Waals surface area contributed by atoms with Crippen molar-refractivity contribution in [3.8, 4) is 11.1 Å². The number of imidazole rings is 1. The second kappa shape index (κ2) is 12.0. The van der Waals surface area contributed by atoms with Crippen molar-refractivity contribution < 1.29 is 19.4 Å². The molecule has 0 aliphatic rings. The van der Waals surface area contributed by atoms with Gasteiger partial charge < -0.3 is 9.84 Å². The topological polar surface area (TPSA) is 80.9 Å². The molecule has 0 aliphatic heterocycles. The maximum absolute atomic E-state index is 13.2. The van der Waals surface area contributed by atoms with Crippen molar-refractivity contribution in [1.29, 1.82) is 0 Å². The number of carboxylic acids is 1. The van der Waals surface area contributed by atoms with Crippen molar-refractivity contribution in [3.63, 3.8) is 0 Å². The molecule has 0 aliphatic carbocycles. The standard InChI is InChI=1S/C34H32N2O4/c1-3-4-12-27-22-36-30(20-15-23(2)33(36)35-27)32(40-31(37)21-24-10-6-5-7-11-24)26-18-16-25(17-19-26)28-13-8-9-14-29(28)34(38)39/h5-11,13-20,22,32H,3-4,12,21H2,1-2H3,(H,38,39)/t32-/m1/s1. The number of aromatic nitrogens is 2. The summed E-state index contributed by atoms with van der Waals surface area (Å²) < 4.78 is 8.23. The normalized spacial score (nSPS) is 11.8. The van der Waals surface area contributed by atoms with Crippen LogP contribution in [0.2, 0.25) is 0 Å². The molecule has 1 atom stereocenters. The van der Waals surface area contributed by atoms with E-state index in [1.807, 2.05) is 90.3 Å². The van der Waals surface area contributed by atoms with E-state index >= 15 is 0 Å². The van der Waals surface area contributed by atoms with Crippen LogP contribution in [0.15, 0.2) is 97.2 Å². The minimum absolute atomic E-state index is 0.155. The molecule has 5 aromatic rings. The summed E-state index contributed by atoms with van der Waals surface area (Å²) in [6.45, 7) is 4.19. The molecular weight excluding hydrogens is 500 g/mol. The van der Waals surface area contributed by atoms with Gasteiger partial charge in [-0.05, 0) is 59.7 Å². The zero-order valence-electron chi connectivity index (χ0n) is 22.7. The van der Waals surface area contributed by atoms with Gasteiger partial charge in [-0.15, -0.1) is 0 Å². The van der Waals surface area contributed by atoms with Crippen molar-refractivity contribution in [3.05, 3.63) is 131 Å². The van der Waals surface area contributed by atoms with Crippen LogP contribution in [0.1, 0.15) is 64.3 Å². The highest BCUT2D eigenvalue weighted by Crippen LogP contribution is 2.32. The third kappa shape index (κ3) is 5.81. The van der Waals surface area contributed by atoms with Crippen molar-refractivity contribution >= 4 is 17.6 Å². The Balaban J connectivity index is 1.55. The molecule has 0 amide bonds. The highest BCUT2D eigenvalue weighted by Gasteiger charge is 2.24. The predicted octanol–water partition coefficient (Wildman–Crippen LogP) is 7.23. The van der Waals surface area contributed by atoms with E-state index in [1.54, 1.807) is 18.2 Å². The van der Waals surface area contributed by atoms with E-state index < -0.39 is 12.1 Å². The van der Waals surface area contributed by atoms with Gasteiger partial charge in [0.05, 0.1) is 23.4 Å². The van der Waals surface area contributed by atoms with Gasteiger partial charge in [0.2, 0.25) is 0 Å². The van der Waals surface area contributed by atoms with E-state index in [-0.39, 0.29) is 18.0 Å². The number of ether oxygens (including phenoxy) is 1.